The zero-order valence-corrected chi connectivity index (χ0v) is 18.0. The first kappa shape index (κ1) is 22.5. The predicted octanol–water partition coefficient (Wildman–Crippen LogP) is 2.28. The van der Waals surface area contributed by atoms with Crippen molar-refractivity contribution >= 4 is 23.0 Å². The molecule has 0 radical (unpaired) electrons. The van der Waals surface area contributed by atoms with Crippen LogP contribution in [0.3, 0.4) is 0 Å². The summed E-state index contributed by atoms with van der Waals surface area (Å²) in [5.74, 6) is -0.463. The van der Waals surface area contributed by atoms with E-state index in [9.17, 15) is 24.9 Å². The van der Waals surface area contributed by atoms with Gasteiger partial charge in [-0.25, -0.2) is 0 Å². The third-order valence-corrected chi connectivity index (χ3v) is 5.43. The second-order valence-electron chi connectivity index (χ2n) is 8.84. The van der Waals surface area contributed by atoms with Crippen molar-refractivity contribution in [2.24, 2.45) is 10.4 Å². The summed E-state index contributed by atoms with van der Waals surface area (Å²) in [5.41, 5.74) is -0.0714. The fraction of sp³-hybridized carbons (Fsp3) is 0.348. The van der Waals surface area contributed by atoms with Crippen molar-refractivity contribution in [1.29, 1.82) is 0 Å². The highest BCUT2D eigenvalue weighted by Gasteiger charge is 2.32. The summed E-state index contributed by atoms with van der Waals surface area (Å²) in [6.45, 7) is 10.8. The Labute approximate surface area is 179 Å². The monoisotopic (exact) mass is 425 g/mol. The molecule has 31 heavy (non-hydrogen) atoms. The summed E-state index contributed by atoms with van der Waals surface area (Å²) in [6.07, 6.45) is 2.56. The largest absolute Gasteiger partial charge is 0.493 e. The van der Waals surface area contributed by atoms with E-state index in [0.29, 0.717) is 17.0 Å². The van der Waals surface area contributed by atoms with Gasteiger partial charge in [0.15, 0.2) is 0 Å². The van der Waals surface area contributed by atoms with Crippen LogP contribution in [0.5, 0.6) is 5.88 Å². The molecule has 0 unspecified atom stereocenters. The van der Waals surface area contributed by atoms with E-state index in [4.69, 9.17) is 4.99 Å². The minimum atomic E-state index is -1.26. The van der Waals surface area contributed by atoms with Gasteiger partial charge in [-0.3, -0.25) is 19.6 Å². The van der Waals surface area contributed by atoms with Crippen LogP contribution in [0, 0.1) is 5.41 Å². The molecule has 0 saturated carbocycles. The van der Waals surface area contributed by atoms with Gasteiger partial charge in [-0.15, -0.1) is 6.58 Å². The van der Waals surface area contributed by atoms with Crippen LogP contribution in [0.2, 0.25) is 0 Å². The van der Waals surface area contributed by atoms with E-state index < -0.39 is 34.1 Å². The smallest absolute Gasteiger partial charge is 0.316 e. The van der Waals surface area contributed by atoms with Gasteiger partial charge in [-0.2, -0.15) is 0 Å². The van der Waals surface area contributed by atoms with Gasteiger partial charge in [0.2, 0.25) is 5.88 Å². The number of hydrogen-bond donors (Lipinski definition) is 5. The lowest BCUT2D eigenvalue weighted by atomic mass is 9.81. The lowest BCUT2D eigenvalue weighted by Crippen LogP contribution is -2.37. The second-order valence-corrected chi connectivity index (χ2v) is 8.84. The number of nitrogens with zero attached hydrogens (tertiary/aromatic N) is 1. The van der Waals surface area contributed by atoms with Crippen LogP contribution in [0.4, 0.5) is 5.69 Å². The van der Waals surface area contributed by atoms with E-state index in [1.54, 1.807) is 26.0 Å². The summed E-state index contributed by atoms with van der Waals surface area (Å²) in [6, 6.07) is 5.50. The lowest BCUT2D eigenvalue weighted by molar-refractivity contribution is -0.0469. The lowest BCUT2D eigenvalue weighted by Gasteiger charge is -2.24. The number of nitrogens with one attached hydrogen (secondary N) is 2. The van der Waals surface area contributed by atoms with Gasteiger partial charge < -0.3 is 20.3 Å². The summed E-state index contributed by atoms with van der Waals surface area (Å²) in [7, 11) is 0. The number of allylic oxidation sites excluding steroid dienone is 2. The molecule has 1 aliphatic heterocycles. The molecule has 0 amide bonds. The number of aliphatic hydroxyl groups excluding tert-OH is 1. The molecule has 1 aromatic heterocycles. The maximum absolute atomic E-state index is 11.8. The van der Waals surface area contributed by atoms with Crippen molar-refractivity contribution in [3.8, 4) is 5.88 Å². The first-order valence-corrected chi connectivity index (χ1v) is 9.87. The number of aromatic nitrogens is 2. The van der Waals surface area contributed by atoms with E-state index in [1.807, 2.05) is 32.0 Å². The summed E-state index contributed by atoms with van der Waals surface area (Å²) in [5, 5.41) is 30.5. The number of aliphatic imine (C=N–C) groups is 1. The molecule has 8 nitrogen and oxygen atoms in total. The van der Waals surface area contributed by atoms with Gasteiger partial charge >= 0.3 is 11.1 Å². The molecule has 0 spiro atoms. The first-order valence-electron chi connectivity index (χ1n) is 9.87. The van der Waals surface area contributed by atoms with Crippen molar-refractivity contribution in [3.05, 3.63) is 68.4 Å². The molecule has 8 heteroatoms. The van der Waals surface area contributed by atoms with E-state index >= 15 is 0 Å². The maximum atomic E-state index is 11.8. The quantitative estimate of drug-likeness (QED) is 0.357. The Hall–Kier alpha value is -3.23. The summed E-state index contributed by atoms with van der Waals surface area (Å²) < 4.78 is 0. The Morgan fingerprint density at radius 3 is 2.42 bits per heavy atom. The van der Waals surface area contributed by atoms with E-state index in [2.05, 4.69) is 16.5 Å². The number of rotatable bonds is 6. The van der Waals surface area contributed by atoms with Gasteiger partial charge in [0.25, 0.3) is 0 Å². The normalized spacial score (nSPS) is 16.2. The average Bonchev–Trinajstić information content (AvgIpc) is 3.04. The summed E-state index contributed by atoms with van der Waals surface area (Å²) in [4.78, 5) is 32.5. The zero-order chi connectivity index (χ0) is 23.1. The number of benzene rings is 1. The minimum absolute atomic E-state index is 0.0435. The number of aromatic amines is 2. The van der Waals surface area contributed by atoms with Gasteiger partial charge in [0.05, 0.1) is 23.1 Å². The molecule has 0 fully saturated rings. The van der Waals surface area contributed by atoms with Gasteiger partial charge in [-0.05, 0) is 37.6 Å². The third-order valence-electron chi connectivity index (χ3n) is 5.43. The Kier molecular flexibility index (Phi) is 5.64. The SMILES string of the molecule is C=CC(C)(C)C1=Nc2ccc(C[C@H](O)C(C)(C)O)cc2C1=Cc1[nH]c(=O)c(=O)[nH]c1O. The Bertz CT molecular complexity index is 1210. The molecule has 2 aromatic rings. The molecule has 3 rings (SSSR count). The number of aliphatic hydroxyl groups is 2. The highest BCUT2D eigenvalue weighted by atomic mass is 16.3. The number of H-pyrrole nitrogens is 2. The molecule has 5 N–H and O–H groups in total. The number of aromatic hydroxyl groups is 1. The van der Waals surface area contributed by atoms with Crippen LogP contribution in [-0.2, 0) is 6.42 Å². The molecular formula is C23H27N3O5. The Balaban J connectivity index is 2.16. The van der Waals surface area contributed by atoms with E-state index in [-0.39, 0.29) is 12.1 Å². The van der Waals surface area contributed by atoms with Crippen molar-refractivity contribution in [1.82, 2.24) is 9.97 Å². The standard InChI is InChI=1S/C23H27N3O5/c1-6-22(2,3)18-14(11-16-19(28)26-21(30)20(29)25-16)13-9-12(7-8-15(13)24-18)10-17(27)23(4,5)31/h6-9,11,17,27,31H,1,10H2,2-5H3,(H,25,29)(H2,26,28,30)/t17-/m0/s1. The van der Waals surface area contributed by atoms with Crippen molar-refractivity contribution in [2.75, 3.05) is 0 Å². The molecule has 1 aromatic carbocycles. The Morgan fingerprint density at radius 2 is 1.81 bits per heavy atom. The van der Waals surface area contributed by atoms with Crippen LogP contribution in [-0.4, -0.2) is 42.7 Å². The first-order chi connectivity index (χ1) is 14.3. The molecular weight excluding hydrogens is 398 g/mol. The molecule has 1 aliphatic rings. The van der Waals surface area contributed by atoms with Crippen LogP contribution in [0.25, 0.3) is 11.6 Å². The van der Waals surface area contributed by atoms with Crippen LogP contribution >= 0.6 is 0 Å². The third kappa shape index (κ3) is 4.45. The Morgan fingerprint density at radius 1 is 1.16 bits per heavy atom. The molecule has 2 heterocycles. The second kappa shape index (κ2) is 7.79. The van der Waals surface area contributed by atoms with Crippen molar-refractivity contribution < 1.29 is 15.3 Å². The molecule has 0 saturated heterocycles. The van der Waals surface area contributed by atoms with E-state index in [1.165, 1.54) is 0 Å². The molecule has 164 valence electrons. The van der Waals surface area contributed by atoms with Crippen LogP contribution in [0.1, 0.15) is 44.5 Å². The molecule has 0 aliphatic carbocycles. The fourth-order valence-electron chi connectivity index (χ4n) is 3.26. The number of fused-ring (bicyclic) bond motifs is 1. The minimum Gasteiger partial charge on any atom is -0.493 e. The number of hydrogen-bond acceptors (Lipinski definition) is 6. The topological polar surface area (TPSA) is 139 Å². The van der Waals surface area contributed by atoms with Crippen LogP contribution in [0.15, 0.2) is 45.4 Å². The molecule has 1 atom stereocenters. The summed E-state index contributed by atoms with van der Waals surface area (Å²) >= 11 is 0. The van der Waals surface area contributed by atoms with Gasteiger partial charge in [0, 0.05) is 23.0 Å². The average molecular weight is 425 g/mol. The highest BCUT2D eigenvalue weighted by molar-refractivity contribution is 6.34. The fourth-order valence-corrected chi connectivity index (χ4v) is 3.26. The maximum Gasteiger partial charge on any atom is 0.316 e. The molecule has 0 bridgehead atoms. The van der Waals surface area contributed by atoms with Crippen molar-refractivity contribution in [3.63, 3.8) is 0 Å². The highest BCUT2D eigenvalue weighted by Crippen LogP contribution is 2.43. The van der Waals surface area contributed by atoms with E-state index in [0.717, 1.165) is 11.1 Å². The van der Waals surface area contributed by atoms with Gasteiger partial charge in [0.1, 0.15) is 5.69 Å². The van der Waals surface area contributed by atoms with Crippen molar-refractivity contribution in [2.45, 2.75) is 45.8 Å². The van der Waals surface area contributed by atoms with Gasteiger partial charge in [-0.1, -0.05) is 26.0 Å². The zero-order valence-electron chi connectivity index (χ0n) is 18.0. The van der Waals surface area contributed by atoms with Crippen LogP contribution < -0.4 is 11.1 Å². The predicted molar refractivity (Wildman–Crippen MR) is 121 cm³/mol.